The molecule has 17 heavy (non-hydrogen) atoms. The molecule has 0 aliphatic carbocycles. The van der Waals surface area contributed by atoms with Crippen LogP contribution in [0.2, 0.25) is 0 Å². The highest BCUT2D eigenvalue weighted by atomic mass is 16.2. The van der Waals surface area contributed by atoms with Crippen molar-refractivity contribution in [1.82, 2.24) is 10.6 Å². The molecule has 0 bridgehead atoms. The Bertz CT molecular complexity index is 424. The van der Waals surface area contributed by atoms with E-state index in [2.05, 4.69) is 10.6 Å². The SMILES string of the molecule is CNC(=O)CNC(=O)/C=C/c1ccc(N)cc1. The molecular formula is C12H15N3O2. The predicted molar refractivity (Wildman–Crippen MR) is 67.0 cm³/mol. The molecule has 0 aliphatic rings. The van der Waals surface area contributed by atoms with Gasteiger partial charge in [-0.2, -0.15) is 0 Å². The highest BCUT2D eigenvalue weighted by Gasteiger charge is 1.99. The second-order valence-corrected chi connectivity index (χ2v) is 3.39. The van der Waals surface area contributed by atoms with Gasteiger partial charge in [0.05, 0.1) is 6.54 Å². The van der Waals surface area contributed by atoms with Crippen LogP contribution in [0, 0.1) is 0 Å². The quantitative estimate of drug-likeness (QED) is 0.511. The molecule has 0 heterocycles. The van der Waals surface area contributed by atoms with E-state index in [1.807, 2.05) is 0 Å². The zero-order chi connectivity index (χ0) is 12.7. The number of rotatable bonds is 4. The summed E-state index contributed by atoms with van der Waals surface area (Å²) >= 11 is 0. The lowest BCUT2D eigenvalue weighted by Gasteiger charge is -2.00. The number of nitrogens with two attached hydrogens (primary N) is 1. The molecule has 0 saturated carbocycles. The lowest BCUT2D eigenvalue weighted by molar-refractivity contribution is -0.123. The molecule has 0 unspecified atom stereocenters. The fourth-order valence-corrected chi connectivity index (χ4v) is 1.09. The molecule has 0 atom stereocenters. The first-order valence-corrected chi connectivity index (χ1v) is 5.14. The van der Waals surface area contributed by atoms with E-state index in [1.54, 1.807) is 30.3 Å². The van der Waals surface area contributed by atoms with Gasteiger partial charge in [0.2, 0.25) is 11.8 Å². The summed E-state index contributed by atoms with van der Waals surface area (Å²) in [5, 5.41) is 4.86. The zero-order valence-electron chi connectivity index (χ0n) is 9.57. The van der Waals surface area contributed by atoms with Crippen LogP contribution < -0.4 is 16.4 Å². The predicted octanol–water partition coefficient (Wildman–Crippen LogP) is 0.144. The van der Waals surface area contributed by atoms with E-state index < -0.39 is 0 Å². The minimum Gasteiger partial charge on any atom is -0.399 e. The first-order valence-electron chi connectivity index (χ1n) is 5.14. The van der Waals surface area contributed by atoms with Crippen LogP contribution in [0.5, 0.6) is 0 Å². The van der Waals surface area contributed by atoms with Crippen LogP contribution >= 0.6 is 0 Å². The van der Waals surface area contributed by atoms with Crippen molar-refractivity contribution < 1.29 is 9.59 Å². The lowest BCUT2D eigenvalue weighted by Crippen LogP contribution is -2.34. The Morgan fingerprint density at radius 3 is 2.53 bits per heavy atom. The standard InChI is InChI=1S/C12H15N3O2/c1-14-12(17)8-15-11(16)7-4-9-2-5-10(13)6-3-9/h2-7H,8,13H2,1H3,(H,14,17)(H,15,16)/b7-4+. The maximum absolute atomic E-state index is 11.3. The van der Waals surface area contributed by atoms with E-state index >= 15 is 0 Å². The molecule has 0 saturated heterocycles. The van der Waals surface area contributed by atoms with Gasteiger partial charge >= 0.3 is 0 Å². The lowest BCUT2D eigenvalue weighted by atomic mass is 10.2. The summed E-state index contributed by atoms with van der Waals surface area (Å²) in [6, 6.07) is 7.11. The van der Waals surface area contributed by atoms with Gasteiger partial charge in [-0.25, -0.2) is 0 Å². The van der Waals surface area contributed by atoms with E-state index in [4.69, 9.17) is 5.73 Å². The smallest absolute Gasteiger partial charge is 0.244 e. The van der Waals surface area contributed by atoms with Crippen molar-refractivity contribution in [3.63, 3.8) is 0 Å². The fraction of sp³-hybridized carbons (Fsp3) is 0.167. The molecule has 0 spiro atoms. The third kappa shape index (κ3) is 4.83. The van der Waals surface area contributed by atoms with Crippen molar-refractivity contribution in [2.75, 3.05) is 19.3 Å². The highest BCUT2D eigenvalue weighted by Crippen LogP contribution is 2.06. The van der Waals surface area contributed by atoms with Crippen molar-refractivity contribution in [3.8, 4) is 0 Å². The average Bonchev–Trinajstić information content (AvgIpc) is 2.35. The number of hydrogen-bond donors (Lipinski definition) is 3. The molecule has 1 aromatic rings. The van der Waals surface area contributed by atoms with Gasteiger partial charge < -0.3 is 16.4 Å². The summed E-state index contributed by atoms with van der Waals surface area (Å²) in [4.78, 5) is 22.2. The highest BCUT2D eigenvalue weighted by molar-refractivity contribution is 5.94. The summed E-state index contributed by atoms with van der Waals surface area (Å²) in [6.07, 6.45) is 3.02. The number of nitrogen functional groups attached to an aromatic ring is 1. The maximum atomic E-state index is 11.3. The number of nitrogens with one attached hydrogen (secondary N) is 2. The van der Waals surface area contributed by atoms with Crippen LogP contribution in [-0.2, 0) is 9.59 Å². The monoisotopic (exact) mass is 233 g/mol. The van der Waals surface area contributed by atoms with Gasteiger partial charge in [0.25, 0.3) is 0 Å². The third-order valence-electron chi connectivity index (χ3n) is 2.07. The normalized spacial score (nSPS) is 10.2. The average molecular weight is 233 g/mol. The van der Waals surface area contributed by atoms with Gasteiger partial charge in [-0.1, -0.05) is 12.1 Å². The van der Waals surface area contributed by atoms with Crippen molar-refractivity contribution in [2.24, 2.45) is 0 Å². The number of carbonyl (C=O) groups is 2. The number of amides is 2. The summed E-state index contributed by atoms with van der Waals surface area (Å²) in [6.45, 7) is -0.0264. The zero-order valence-corrected chi connectivity index (χ0v) is 9.57. The number of carbonyl (C=O) groups excluding carboxylic acids is 2. The number of anilines is 1. The van der Waals surface area contributed by atoms with E-state index in [0.717, 1.165) is 5.56 Å². The molecule has 0 fully saturated rings. The number of hydrogen-bond acceptors (Lipinski definition) is 3. The number of benzene rings is 1. The first-order chi connectivity index (χ1) is 8.11. The first kappa shape index (κ1) is 12.8. The van der Waals surface area contributed by atoms with Crippen LogP contribution in [0.3, 0.4) is 0 Å². The Hall–Kier alpha value is -2.30. The van der Waals surface area contributed by atoms with Gasteiger partial charge in [0, 0.05) is 18.8 Å². The minimum absolute atomic E-state index is 0.0264. The van der Waals surface area contributed by atoms with E-state index in [0.29, 0.717) is 5.69 Å². The van der Waals surface area contributed by atoms with Crippen molar-refractivity contribution in [2.45, 2.75) is 0 Å². The van der Waals surface area contributed by atoms with Crippen LogP contribution in [0.4, 0.5) is 5.69 Å². The van der Waals surface area contributed by atoms with E-state index in [9.17, 15) is 9.59 Å². The van der Waals surface area contributed by atoms with Gasteiger partial charge in [0.15, 0.2) is 0 Å². The molecule has 0 aromatic heterocycles. The Morgan fingerprint density at radius 1 is 1.29 bits per heavy atom. The summed E-state index contributed by atoms with van der Waals surface area (Å²) in [7, 11) is 1.51. The molecule has 0 radical (unpaired) electrons. The van der Waals surface area contributed by atoms with E-state index in [-0.39, 0.29) is 18.4 Å². The molecule has 2 amide bonds. The maximum Gasteiger partial charge on any atom is 0.244 e. The topological polar surface area (TPSA) is 84.2 Å². The van der Waals surface area contributed by atoms with Crippen LogP contribution in [0.15, 0.2) is 30.3 Å². The molecule has 90 valence electrons. The van der Waals surface area contributed by atoms with Gasteiger partial charge in [-0.15, -0.1) is 0 Å². The van der Waals surface area contributed by atoms with Crippen LogP contribution in [0.1, 0.15) is 5.56 Å². The molecule has 4 N–H and O–H groups in total. The van der Waals surface area contributed by atoms with Gasteiger partial charge in [0.1, 0.15) is 0 Å². The summed E-state index contributed by atoms with van der Waals surface area (Å²) in [5.41, 5.74) is 7.07. The second-order valence-electron chi connectivity index (χ2n) is 3.39. The summed E-state index contributed by atoms with van der Waals surface area (Å²) < 4.78 is 0. The van der Waals surface area contributed by atoms with Crippen LogP contribution in [-0.4, -0.2) is 25.4 Å². The van der Waals surface area contributed by atoms with Gasteiger partial charge in [-0.3, -0.25) is 9.59 Å². The fourth-order valence-electron chi connectivity index (χ4n) is 1.09. The molecular weight excluding hydrogens is 218 g/mol. The molecule has 5 nitrogen and oxygen atoms in total. The Morgan fingerprint density at radius 2 is 1.94 bits per heavy atom. The van der Waals surface area contributed by atoms with Gasteiger partial charge in [-0.05, 0) is 23.8 Å². The molecule has 1 aromatic carbocycles. The third-order valence-corrected chi connectivity index (χ3v) is 2.07. The largest absolute Gasteiger partial charge is 0.399 e. The van der Waals surface area contributed by atoms with E-state index in [1.165, 1.54) is 13.1 Å². The minimum atomic E-state index is -0.314. The van der Waals surface area contributed by atoms with Crippen LogP contribution in [0.25, 0.3) is 6.08 Å². The Kier molecular flexibility index (Phi) is 4.75. The Balaban J connectivity index is 2.45. The van der Waals surface area contributed by atoms with Crippen molar-refractivity contribution >= 4 is 23.6 Å². The van der Waals surface area contributed by atoms with Crippen molar-refractivity contribution in [3.05, 3.63) is 35.9 Å². The molecule has 0 aliphatic heterocycles. The van der Waals surface area contributed by atoms with Crippen molar-refractivity contribution in [1.29, 1.82) is 0 Å². The number of likely N-dealkylation sites (N-methyl/N-ethyl adjacent to an activating group) is 1. The Labute approximate surface area is 99.7 Å². The molecule has 1 rings (SSSR count). The molecule has 5 heteroatoms. The summed E-state index contributed by atoms with van der Waals surface area (Å²) in [5.74, 6) is -0.551. The second kappa shape index (κ2) is 6.32.